The van der Waals surface area contributed by atoms with E-state index in [1.165, 1.54) is 6.42 Å². The molecule has 6 nitrogen and oxygen atoms in total. The Morgan fingerprint density at radius 3 is 2.96 bits per heavy atom. The van der Waals surface area contributed by atoms with Crippen LogP contribution >= 0.6 is 0 Å². The van der Waals surface area contributed by atoms with Crippen molar-refractivity contribution in [2.45, 2.75) is 37.6 Å². The van der Waals surface area contributed by atoms with Gasteiger partial charge in [0.2, 0.25) is 5.89 Å². The molecule has 0 N–H and O–H groups in total. The minimum Gasteiger partial charge on any atom is -0.439 e. The van der Waals surface area contributed by atoms with Gasteiger partial charge in [-0.05, 0) is 44.0 Å². The summed E-state index contributed by atoms with van der Waals surface area (Å²) in [4.78, 5) is 7.19. The molecule has 2 saturated heterocycles. The Bertz CT molecular complexity index is 868. The molecule has 2 aromatic rings. The lowest BCUT2D eigenvalue weighted by Crippen LogP contribution is -2.34. The summed E-state index contributed by atoms with van der Waals surface area (Å²) in [7, 11) is -3.23. The maximum absolute atomic E-state index is 12.0. The van der Waals surface area contributed by atoms with Gasteiger partial charge in [-0.15, -0.1) is 0 Å². The second kappa shape index (κ2) is 6.37. The number of ether oxygens (including phenoxy) is 1. The maximum Gasteiger partial charge on any atom is 0.209 e. The van der Waals surface area contributed by atoms with E-state index in [0.717, 1.165) is 39.1 Å². The van der Waals surface area contributed by atoms with Gasteiger partial charge in [0, 0.05) is 18.6 Å². The zero-order valence-electron chi connectivity index (χ0n) is 14.5. The van der Waals surface area contributed by atoms with Crippen molar-refractivity contribution >= 4 is 20.9 Å². The zero-order valence-corrected chi connectivity index (χ0v) is 15.3. The van der Waals surface area contributed by atoms with Crippen LogP contribution in [0.15, 0.2) is 27.5 Å². The second-order valence-electron chi connectivity index (χ2n) is 7.26. The molecular weight excluding hydrogens is 340 g/mol. The first-order valence-corrected chi connectivity index (χ1v) is 10.6. The lowest BCUT2D eigenvalue weighted by atomic mass is 9.82. The highest BCUT2D eigenvalue weighted by Crippen LogP contribution is 2.38. The first kappa shape index (κ1) is 17.0. The number of hydrogen-bond donors (Lipinski definition) is 0. The van der Waals surface area contributed by atoms with Gasteiger partial charge in [0.05, 0.1) is 23.8 Å². The van der Waals surface area contributed by atoms with Crippen LogP contribution in [0.3, 0.4) is 0 Å². The SMILES string of the molecule is CCS(=O)(=O)c1ccc2oc(CN3CCC4(CCCOC4)C3)nc2c1. The van der Waals surface area contributed by atoms with Gasteiger partial charge in [-0.1, -0.05) is 6.92 Å². The molecule has 2 fully saturated rings. The van der Waals surface area contributed by atoms with Gasteiger partial charge in [0.25, 0.3) is 0 Å². The van der Waals surface area contributed by atoms with Crippen molar-refractivity contribution in [1.82, 2.24) is 9.88 Å². The highest BCUT2D eigenvalue weighted by Gasteiger charge is 2.39. The Morgan fingerprint density at radius 1 is 1.32 bits per heavy atom. The van der Waals surface area contributed by atoms with Crippen LogP contribution in [0.5, 0.6) is 0 Å². The molecule has 0 bridgehead atoms. The van der Waals surface area contributed by atoms with Gasteiger partial charge in [-0.3, -0.25) is 4.90 Å². The molecule has 7 heteroatoms. The normalized spacial score (nSPS) is 25.2. The molecule has 1 aromatic carbocycles. The van der Waals surface area contributed by atoms with E-state index < -0.39 is 9.84 Å². The fraction of sp³-hybridized carbons (Fsp3) is 0.611. The fourth-order valence-corrected chi connectivity index (χ4v) is 4.87. The predicted molar refractivity (Wildman–Crippen MR) is 94.1 cm³/mol. The van der Waals surface area contributed by atoms with Crippen LogP contribution in [-0.2, 0) is 21.1 Å². The Hall–Kier alpha value is -1.44. The maximum atomic E-state index is 12.0. The summed E-state index contributed by atoms with van der Waals surface area (Å²) >= 11 is 0. The van der Waals surface area contributed by atoms with Crippen molar-refractivity contribution in [3.8, 4) is 0 Å². The van der Waals surface area contributed by atoms with E-state index in [1.54, 1.807) is 25.1 Å². The van der Waals surface area contributed by atoms with Crippen molar-refractivity contribution < 1.29 is 17.6 Å². The monoisotopic (exact) mass is 364 g/mol. The number of benzene rings is 1. The Kier molecular flexibility index (Phi) is 4.33. The van der Waals surface area contributed by atoms with Crippen molar-refractivity contribution in [3.63, 3.8) is 0 Å². The van der Waals surface area contributed by atoms with E-state index in [2.05, 4.69) is 9.88 Å². The van der Waals surface area contributed by atoms with Crippen molar-refractivity contribution in [2.24, 2.45) is 5.41 Å². The quantitative estimate of drug-likeness (QED) is 0.830. The van der Waals surface area contributed by atoms with Gasteiger partial charge < -0.3 is 9.15 Å². The van der Waals surface area contributed by atoms with Crippen LogP contribution in [0.2, 0.25) is 0 Å². The highest BCUT2D eigenvalue weighted by molar-refractivity contribution is 7.91. The molecule has 4 rings (SSSR count). The topological polar surface area (TPSA) is 72.6 Å². The average Bonchev–Trinajstić information content (AvgIpc) is 3.18. The Balaban J connectivity index is 1.51. The summed E-state index contributed by atoms with van der Waals surface area (Å²) in [5.74, 6) is 0.732. The average molecular weight is 364 g/mol. The number of oxazole rings is 1. The zero-order chi connectivity index (χ0) is 17.5. The smallest absolute Gasteiger partial charge is 0.209 e. The molecule has 136 valence electrons. The van der Waals surface area contributed by atoms with Gasteiger partial charge in [-0.25, -0.2) is 13.4 Å². The minimum absolute atomic E-state index is 0.0845. The molecule has 0 saturated carbocycles. The Labute approximate surface area is 148 Å². The Morgan fingerprint density at radius 2 is 2.20 bits per heavy atom. The number of fused-ring (bicyclic) bond motifs is 1. The lowest BCUT2D eigenvalue weighted by molar-refractivity contribution is -0.00279. The lowest BCUT2D eigenvalue weighted by Gasteiger charge is -2.33. The largest absolute Gasteiger partial charge is 0.439 e. The standard InChI is InChI=1S/C18H24N2O4S/c1-2-25(21,22)14-4-5-16-15(10-14)19-17(24-16)11-20-8-7-18(12-20)6-3-9-23-13-18/h4-5,10H,2-3,6-9,11-13H2,1H3. The first-order chi connectivity index (χ1) is 12.0. The molecular formula is C18H24N2O4S. The predicted octanol–water partition coefficient (Wildman–Crippen LogP) is 2.62. The number of rotatable bonds is 4. The molecule has 2 aliphatic rings. The van der Waals surface area contributed by atoms with E-state index in [0.29, 0.717) is 33.8 Å². The van der Waals surface area contributed by atoms with Crippen LogP contribution < -0.4 is 0 Å². The van der Waals surface area contributed by atoms with Crippen molar-refractivity contribution in [2.75, 3.05) is 32.1 Å². The summed E-state index contributed by atoms with van der Waals surface area (Å²) in [5.41, 5.74) is 1.55. The molecule has 1 aromatic heterocycles. The molecule has 0 amide bonds. The number of aromatic nitrogens is 1. The van der Waals surface area contributed by atoms with Crippen LogP contribution in [0.4, 0.5) is 0 Å². The van der Waals surface area contributed by atoms with E-state index in [9.17, 15) is 8.42 Å². The van der Waals surface area contributed by atoms with Crippen molar-refractivity contribution in [3.05, 3.63) is 24.1 Å². The third kappa shape index (κ3) is 3.32. The van der Waals surface area contributed by atoms with Crippen LogP contribution in [0.1, 0.15) is 32.1 Å². The molecule has 25 heavy (non-hydrogen) atoms. The summed E-state index contributed by atoms with van der Waals surface area (Å²) in [6.45, 7) is 6.09. The van der Waals surface area contributed by atoms with E-state index in [-0.39, 0.29) is 5.75 Å². The van der Waals surface area contributed by atoms with Gasteiger partial charge >= 0.3 is 0 Å². The number of nitrogens with zero attached hydrogens (tertiary/aromatic N) is 2. The highest BCUT2D eigenvalue weighted by atomic mass is 32.2. The van der Waals surface area contributed by atoms with E-state index in [1.807, 2.05) is 0 Å². The molecule has 1 unspecified atom stereocenters. The summed E-state index contributed by atoms with van der Waals surface area (Å²) in [6.07, 6.45) is 3.53. The first-order valence-electron chi connectivity index (χ1n) is 8.92. The number of likely N-dealkylation sites (tertiary alicyclic amines) is 1. The fourth-order valence-electron chi connectivity index (χ4n) is 3.97. The second-order valence-corrected chi connectivity index (χ2v) is 9.54. The summed E-state index contributed by atoms with van der Waals surface area (Å²) < 4.78 is 35.6. The van der Waals surface area contributed by atoms with Crippen molar-refractivity contribution in [1.29, 1.82) is 0 Å². The van der Waals surface area contributed by atoms with Crippen LogP contribution in [-0.4, -0.2) is 50.4 Å². The third-order valence-corrected chi connectivity index (χ3v) is 7.16. The van der Waals surface area contributed by atoms with Gasteiger partial charge in [0.15, 0.2) is 15.4 Å². The molecule has 1 atom stereocenters. The van der Waals surface area contributed by atoms with Gasteiger partial charge in [0.1, 0.15) is 5.52 Å². The number of sulfone groups is 1. The minimum atomic E-state index is -3.23. The molecule has 1 spiro atoms. The van der Waals surface area contributed by atoms with Crippen LogP contribution in [0, 0.1) is 5.41 Å². The van der Waals surface area contributed by atoms with E-state index in [4.69, 9.17) is 9.15 Å². The summed E-state index contributed by atoms with van der Waals surface area (Å²) in [6, 6.07) is 4.91. The molecule has 0 aliphatic carbocycles. The van der Waals surface area contributed by atoms with Gasteiger partial charge in [-0.2, -0.15) is 0 Å². The van der Waals surface area contributed by atoms with Crippen LogP contribution in [0.25, 0.3) is 11.1 Å². The molecule has 3 heterocycles. The molecule has 2 aliphatic heterocycles. The third-order valence-electron chi connectivity index (χ3n) is 5.42. The summed E-state index contributed by atoms with van der Waals surface area (Å²) in [5, 5.41) is 0. The number of hydrogen-bond acceptors (Lipinski definition) is 6. The molecule has 0 radical (unpaired) electrons. The van der Waals surface area contributed by atoms with E-state index >= 15 is 0 Å².